The van der Waals surface area contributed by atoms with E-state index in [1.54, 1.807) is 18.2 Å². The van der Waals surface area contributed by atoms with Crippen LogP contribution in [0.4, 0.5) is 11.4 Å². The Labute approximate surface area is 117 Å². The first-order valence-corrected chi connectivity index (χ1v) is 6.29. The van der Waals surface area contributed by atoms with E-state index in [1.165, 1.54) is 0 Å². The first kappa shape index (κ1) is 13.4. The van der Waals surface area contributed by atoms with Crippen LogP contribution in [0.15, 0.2) is 36.4 Å². The minimum Gasteiger partial charge on any atom is -0.398 e. The van der Waals surface area contributed by atoms with Gasteiger partial charge in [-0.25, -0.2) is 0 Å². The highest BCUT2D eigenvalue weighted by Crippen LogP contribution is 2.25. The second-order valence-corrected chi connectivity index (χ2v) is 4.86. The summed E-state index contributed by atoms with van der Waals surface area (Å²) in [6, 6.07) is 10.9. The largest absolute Gasteiger partial charge is 0.398 e. The van der Waals surface area contributed by atoms with Crippen molar-refractivity contribution in [3.8, 4) is 0 Å². The zero-order valence-corrected chi connectivity index (χ0v) is 11.6. The normalized spacial score (nSPS) is 10.3. The predicted octanol–water partition coefficient (Wildman–Crippen LogP) is 3.79. The summed E-state index contributed by atoms with van der Waals surface area (Å²) in [5.41, 5.74) is 9.33. The van der Waals surface area contributed by atoms with Crippen LogP contribution in [0, 0.1) is 13.8 Å². The molecular weight excluding hydrogens is 260 g/mol. The van der Waals surface area contributed by atoms with E-state index in [0.29, 0.717) is 11.3 Å². The van der Waals surface area contributed by atoms with Crippen molar-refractivity contribution in [1.29, 1.82) is 0 Å². The summed E-state index contributed by atoms with van der Waals surface area (Å²) in [4.78, 5) is 12.2. The van der Waals surface area contributed by atoms with Crippen molar-refractivity contribution < 1.29 is 4.79 Å². The van der Waals surface area contributed by atoms with Crippen molar-refractivity contribution in [1.82, 2.24) is 0 Å². The lowest BCUT2D eigenvalue weighted by molar-refractivity contribution is 0.102. The molecule has 0 atom stereocenters. The van der Waals surface area contributed by atoms with Crippen LogP contribution in [0.1, 0.15) is 21.5 Å². The number of rotatable bonds is 2. The van der Waals surface area contributed by atoms with Crippen LogP contribution in [0.25, 0.3) is 0 Å². The van der Waals surface area contributed by atoms with Crippen LogP contribution in [-0.4, -0.2) is 5.91 Å². The summed E-state index contributed by atoms with van der Waals surface area (Å²) in [5, 5.41) is 3.14. The quantitative estimate of drug-likeness (QED) is 0.819. The maximum atomic E-state index is 12.2. The Morgan fingerprint density at radius 2 is 1.95 bits per heavy atom. The number of benzene rings is 2. The molecule has 19 heavy (non-hydrogen) atoms. The highest BCUT2D eigenvalue weighted by molar-refractivity contribution is 6.36. The van der Waals surface area contributed by atoms with Crippen LogP contribution in [-0.2, 0) is 0 Å². The number of carbonyl (C=O) groups excluding carboxylic acids is 1. The Balaban J connectivity index is 2.31. The number of amides is 1. The first-order valence-electron chi connectivity index (χ1n) is 5.91. The van der Waals surface area contributed by atoms with E-state index in [0.717, 1.165) is 16.8 Å². The van der Waals surface area contributed by atoms with Gasteiger partial charge in [-0.15, -0.1) is 0 Å². The van der Waals surface area contributed by atoms with Gasteiger partial charge in [-0.1, -0.05) is 29.8 Å². The van der Waals surface area contributed by atoms with Crippen molar-refractivity contribution >= 4 is 28.9 Å². The summed E-state index contributed by atoms with van der Waals surface area (Å²) in [6.07, 6.45) is 0. The molecule has 2 aromatic carbocycles. The molecule has 0 aliphatic carbocycles. The molecule has 98 valence electrons. The molecule has 2 aromatic rings. The molecule has 3 nitrogen and oxygen atoms in total. The second kappa shape index (κ2) is 5.33. The molecule has 0 bridgehead atoms. The Morgan fingerprint density at radius 3 is 2.68 bits per heavy atom. The number of nitrogens with two attached hydrogens (primary N) is 1. The Morgan fingerprint density at radius 1 is 1.21 bits per heavy atom. The summed E-state index contributed by atoms with van der Waals surface area (Å²) >= 11 is 6.04. The standard InChI is InChI=1S/C15H15ClN2O/c1-9-6-7-10(2)13(8-9)18-15(19)11-4-3-5-12(17)14(11)16/h3-8H,17H2,1-2H3,(H,18,19). The van der Waals surface area contributed by atoms with E-state index in [9.17, 15) is 4.79 Å². The Bertz CT molecular complexity index is 638. The lowest BCUT2D eigenvalue weighted by atomic mass is 10.1. The molecule has 0 aliphatic heterocycles. The Hall–Kier alpha value is -2.00. The van der Waals surface area contributed by atoms with E-state index in [1.807, 2.05) is 32.0 Å². The highest BCUT2D eigenvalue weighted by Gasteiger charge is 2.13. The molecule has 0 spiro atoms. The number of nitrogens with one attached hydrogen (secondary N) is 1. The van der Waals surface area contributed by atoms with E-state index < -0.39 is 0 Å². The summed E-state index contributed by atoms with van der Waals surface area (Å²) < 4.78 is 0. The van der Waals surface area contributed by atoms with Gasteiger partial charge in [0.2, 0.25) is 0 Å². The van der Waals surface area contributed by atoms with Gasteiger partial charge in [-0.2, -0.15) is 0 Å². The van der Waals surface area contributed by atoms with Crippen LogP contribution >= 0.6 is 11.6 Å². The van der Waals surface area contributed by atoms with Gasteiger partial charge in [-0.05, 0) is 43.2 Å². The molecule has 4 heteroatoms. The van der Waals surface area contributed by atoms with Crippen LogP contribution < -0.4 is 11.1 Å². The van der Waals surface area contributed by atoms with E-state index in [4.69, 9.17) is 17.3 Å². The van der Waals surface area contributed by atoms with Gasteiger partial charge < -0.3 is 11.1 Å². The van der Waals surface area contributed by atoms with Gasteiger partial charge in [0.25, 0.3) is 5.91 Å². The van der Waals surface area contributed by atoms with Crippen molar-refractivity contribution in [2.45, 2.75) is 13.8 Å². The molecule has 0 aliphatic rings. The zero-order chi connectivity index (χ0) is 14.0. The molecule has 3 N–H and O–H groups in total. The van der Waals surface area contributed by atoms with Crippen LogP contribution in [0.2, 0.25) is 5.02 Å². The van der Waals surface area contributed by atoms with Gasteiger partial charge in [-0.3, -0.25) is 4.79 Å². The number of carbonyl (C=O) groups is 1. The third kappa shape index (κ3) is 2.88. The summed E-state index contributed by atoms with van der Waals surface area (Å²) in [6.45, 7) is 3.92. The molecule has 0 heterocycles. The maximum Gasteiger partial charge on any atom is 0.257 e. The summed E-state index contributed by atoms with van der Waals surface area (Å²) in [5.74, 6) is -0.258. The molecular formula is C15H15ClN2O. The third-order valence-electron chi connectivity index (χ3n) is 2.91. The fraction of sp³-hybridized carbons (Fsp3) is 0.133. The van der Waals surface area contributed by atoms with Crippen LogP contribution in [0.5, 0.6) is 0 Å². The van der Waals surface area contributed by atoms with Gasteiger partial charge in [0.1, 0.15) is 0 Å². The van der Waals surface area contributed by atoms with E-state index in [2.05, 4.69) is 5.32 Å². The molecule has 2 rings (SSSR count). The predicted molar refractivity (Wildman–Crippen MR) is 79.7 cm³/mol. The monoisotopic (exact) mass is 274 g/mol. The van der Waals surface area contributed by atoms with Crippen molar-refractivity contribution in [2.24, 2.45) is 0 Å². The number of anilines is 2. The van der Waals surface area contributed by atoms with E-state index >= 15 is 0 Å². The maximum absolute atomic E-state index is 12.2. The number of halogens is 1. The van der Waals surface area contributed by atoms with Gasteiger partial charge in [0.15, 0.2) is 0 Å². The molecule has 0 fully saturated rings. The second-order valence-electron chi connectivity index (χ2n) is 4.48. The fourth-order valence-corrected chi connectivity index (χ4v) is 2.00. The smallest absolute Gasteiger partial charge is 0.257 e. The van der Waals surface area contributed by atoms with Crippen molar-refractivity contribution in [3.05, 3.63) is 58.1 Å². The molecule has 0 unspecified atom stereocenters. The lowest BCUT2D eigenvalue weighted by Crippen LogP contribution is -2.14. The molecule has 0 saturated carbocycles. The average molecular weight is 275 g/mol. The topological polar surface area (TPSA) is 55.1 Å². The number of aryl methyl sites for hydroxylation is 2. The van der Waals surface area contributed by atoms with Gasteiger partial charge in [0, 0.05) is 5.69 Å². The minimum absolute atomic E-state index is 0.258. The molecule has 0 radical (unpaired) electrons. The van der Waals surface area contributed by atoms with Crippen molar-refractivity contribution in [2.75, 3.05) is 11.1 Å². The lowest BCUT2D eigenvalue weighted by Gasteiger charge is -2.11. The molecule has 1 amide bonds. The summed E-state index contributed by atoms with van der Waals surface area (Å²) in [7, 11) is 0. The fourth-order valence-electron chi connectivity index (χ4n) is 1.79. The third-order valence-corrected chi connectivity index (χ3v) is 3.34. The Kier molecular flexibility index (Phi) is 3.76. The highest BCUT2D eigenvalue weighted by atomic mass is 35.5. The van der Waals surface area contributed by atoms with Crippen molar-refractivity contribution in [3.63, 3.8) is 0 Å². The van der Waals surface area contributed by atoms with Crippen LogP contribution in [0.3, 0.4) is 0 Å². The SMILES string of the molecule is Cc1ccc(C)c(NC(=O)c2cccc(N)c2Cl)c1. The molecule has 0 aromatic heterocycles. The average Bonchev–Trinajstić information content (AvgIpc) is 2.37. The zero-order valence-electron chi connectivity index (χ0n) is 10.8. The number of hydrogen-bond acceptors (Lipinski definition) is 2. The molecule has 0 saturated heterocycles. The minimum atomic E-state index is -0.258. The first-order chi connectivity index (χ1) is 8.99. The van der Waals surface area contributed by atoms with Gasteiger partial charge >= 0.3 is 0 Å². The number of nitrogen functional groups attached to an aromatic ring is 1. The number of hydrogen-bond donors (Lipinski definition) is 2. The van der Waals surface area contributed by atoms with Gasteiger partial charge in [0.05, 0.1) is 16.3 Å². The van der Waals surface area contributed by atoms with E-state index in [-0.39, 0.29) is 10.9 Å².